The minimum absolute atomic E-state index is 0. The van der Waals surface area contributed by atoms with Crippen LogP contribution in [0.4, 0.5) is 17.6 Å². The van der Waals surface area contributed by atoms with Gasteiger partial charge in [-0.25, -0.2) is 17.5 Å². The summed E-state index contributed by atoms with van der Waals surface area (Å²) in [7, 11) is -3.99. The molecule has 1 aliphatic rings. The van der Waals surface area contributed by atoms with Crippen molar-refractivity contribution in [3.8, 4) is 0 Å². The number of carbonyl (C=O) groups excluding carboxylic acids is 1. The first-order valence-corrected chi connectivity index (χ1v) is 10.2. The zero-order valence-electron chi connectivity index (χ0n) is 15.3. The largest absolute Gasteiger partial charge is 0.471 e. The molecule has 3 rings (SSSR count). The van der Waals surface area contributed by atoms with Crippen LogP contribution in [0.2, 0.25) is 0 Å². The van der Waals surface area contributed by atoms with E-state index in [9.17, 15) is 30.8 Å². The number of rotatable bonds is 4. The molecule has 10 heteroatoms. The number of fused-ring (bicyclic) bond motifs is 1. The first-order valence-electron chi connectivity index (χ1n) is 8.73. The number of hydrogen-bond acceptors (Lipinski definition) is 3. The van der Waals surface area contributed by atoms with Crippen LogP contribution < -0.4 is 4.72 Å². The van der Waals surface area contributed by atoms with E-state index in [2.05, 4.69) is 4.72 Å². The first kappa shape index (κ1) is 21.3. The van der Waals surface area contributed by atoms with E-state index in [0.29, 0.717) is 21.6 Å². The minimum Gasteiger partial charge on any atom is -0.330 e. The zero-order valence-corrected chi connectivity index (χ0v) is 16.1. The maximum atomic E-state index is 13.0. The van der Waals surface area contributed by atoms with Crippen molar-refractivity contribution in [2.75, 3.05) is 6.54 Å². The van der Waals surface area contributed by atoms with Crippen LogP contribution in [0, 0.1) is 5.82 Å². The normalized spacial score (nSPS) is 15.7. The summed E-state index contributed by atoms with van der Waals surface area (Å²) in [4.78, 5) is 12.0. The summed E-state index contributed by atoms with van der Waals surface area (Å²) < 4.78 is 79.0. The molecule has 2 aromatic rings. The Labute approximate surface area is 166 Å². The molecule has 1 heterocycles. The molecule has 0 aromatic heterocycles. The van der Waals surface area contributed by atoms with Gasteiger partial charge in [0, 0.05) is 20.6 Å². The van der Waals surface area contributed by atoms with Crippen LogP contribution in [0.25, 0.3) is 0 Å². The SMILES string of the molecule is C[C@H](NS(=O)(=O)c1ccc2c(c1)CN(C(=O)C(F)(F)F)CC2)c1ccc(F)cc1.[HH]. The zero-order chi connectivity index (χ0) is 21.4. The maximum absolute atomic E-state index is 13.0. The molecule has 1 amide bonds. The number of alkyl halides is 3. The smallest absolute Gasteiger partial charge is 0.330 e. The van der Waals surface area contributed by atoms with Crippen LogP contribution in [-0.4, -0.2) is 31.9 Å². The van der Waals surface area contributed by atoms with Crippen LogP contribution in [0.1, 0.15) is 31.1 Å². The molecule has 0 aliphatic carbocycles. The number of amides is 1. The van der Waals surface area contributed by atoms with Crippen LogP contribution in [-0.2, 0) is 27.8 Å². The molecule has 0 radical (unpaired) electrons. The van der Waals surface area contributed by atoms with Gasteiger partial charge in [-0.3, -0.25) is 4.79 Å². The summed E-state index contributed by atoms with van der Waals surface area (Å²) in [5.74, 6) is -2.39. The Balaban J connectivity index is 0.00000320. The van der Waals surface area contributed by atoms with E-state index in [0.717, 1.165) is 0 Å². The van der Waals surface area contributed by atoms with Crippen molar-refractivity contribution in [1.82, 2.24) is 9.62 Å². The lowest BCUT2D eigenvalue weighted by Crippen LogP contribution is -2.43. The van der Waals surface area contributed by atoms with E-state index in [1.54, 1.807) is 13.0 Å². The Morgan fingerprint density at radius 1 is 1.14 bits per heavy atom. The summed E-state index contributed by atoms with van der Waals surface area (Å²) >= 11 is 0. The number of nitrogens with one attached hydrogen (secondary N) is 1. The van der Waals surface area contributed by atoms with Gasteiger partial charge in [0.05, 0.1) is 4.90 Å². The minimum atomic E-state index is -4.98. The van der Waals surface area contributed by atoms with Gasteiger partial charge >= 0.3 is 12.1 Å². The third-order valence-electron chi connectivity index (χ3n) is 4.73. The highest BCUT2D eigenvalue weighted by Gasteiger charge is 2.43. The molecule has 29 heavy (non-hydrogen) atoms. The Bertz CT molecular complexity index is 1030. The summed E-state index contributed by atoms with van der Waals surface area (Å²) in [6, 6.07) is 8.88. The Morgan fingerprint density at radius 2 is 1.79 bits per heavy atom. The molecule has 1 N–H and O–H groups in total. The highest BCUT2D eigenvalue weighted by Crippen LogP contribution is 2.27. The van der Waals surface area contributed by atoms with Crippen LogP contribution in [0.5, 0.6) is 0 Å². The molecule has 0 saturated heterocycles. The second-order valence-corrected chi connectivity index (χ2v) is 8.51. The summed E-state index contributed by atoms with van der Waals surface area (Å²) in [6.45, 7) is 1.19. The van der Waals surface area contributed by atoms with Crippen molar-refractivity contribution in [2.45, 2.75) is 37.0 Å². The number of hydrogen-bond donors (Lipinski definition) is 1. The maximum Gasteiger partial charge on any atom is 0.471 e. The number of benzene rings is 2. The lowest BCUT2D eigenvalue weighted by Gasteiger charge is -2.29. The summed E-state index contributed by atoms with van der Waals surface area (Å²) in [5, 5.41) is 0. The lowest BCUT2D eigenvalue weighted by atomic mass is 10.00. The Morgan fingerprint density at radius 3 is 2.41 bits per heavy atom. The molecule has 158 valence electrons. The van der Waals surface area contributed by atoms with Gasteiger partial charge < -0.3 is 4.90 Å². The summed E-state index contributed by atoms with van der Waals surface area (Å²) in [6.07, 6.45) is -4.77. The van der Waals surface area contributed by atoms with Gasteiger partial charge in [0.2, 0.25) is 10.0 Å². The first-order chi connectivity index (χ1) is 13.5. The Hall–Kier alpha value is -2.46. The van der Waals surface area contributed by atoms with Crippen molar-refractivity contribution in [1.29, 1.82) is 0 Å². The predicted octanol–water partition coefficient (Wildman–Crippen LogP) is 3.56. The average molecular weight is 432 g/mol. The molecule has 0 fully saturated rings. The highest BCUT2D eigenvalue weighted by atomic mass is 32.2. The third kappa shape index (κ3) is 4.76. The fraction of sp³-hybridized carbons (Fsp3) is 0.316. The number of carbonyl (C=O) groups is 1. The van der Waals surface area contributed by atoms with Crippen molar-refractivity contribution in [3.05, 3.63) is 65.0 Å². The predicted molar refractivity (Wildman–Crippen MR) is 98.9 cm³/mol. The van der Waals surface area contributed by atoms with Gasteiger partial charge in [0.1, 0.15) is 5.82 Å². The van der Waals surface area contributed by atoms with Crippen LogP contribution in [0.3, 0.4) is 0 Å². The van der Waals surface area contributed by atoms with E-state index in [-0.39, 0.29) is 25.8 Å². The van der Waals surface area contributed by atoms with E-state index < -0.39 is 34.0 Å². The van der Waals surface area contributed by atoms with E-state index in [4.69, 9.17) is 0 Å². The van der Waals surface area contributed by atoms with E-state index in [1.807, 2.05) is 0 Å². The monoisotopic (exact) mass is 432 g/mol. The van der Waals surface area contributed by atoms with E-state index >= 15 is 0 Å². The topological polar surface area (TPSA) is 66.5 Å². The van der Waals surface area contributed by atoms with E-state index in [1.165, 1.54) is 36.4 Å². The van der Waals surface area contributed by atoms with Gasteiger partial charge in [-0.15, -0.1) is 0 Å². The van der Waals surface area contributed by atoms with Gasteiger partial charge in [-0.05, 0) is 54.3 Å². The molecule has 1 atom stereocenters. The second-order valence-electron chi connectivity index (χ2n) is 6.80. The molecule has 5 nitrogen and oxygen atoms in total. The number of halogens is 4. The van der Waals surface area contributed by atoms with Crippen LogP contribution in [0.15, 0.2) is 47.4 Å². The molecular formula is C19H20F4N2O3S. The van der Waals surface area contributed by atoms with Crippen molar-refractivity contribution in [3.63, 3.8) is 0 Å². The Kier molecular flexibility index (Phi) is 5.68. The van der Waals surface area contributed by atoms with Gasteiger partial charge in [-0.1, -0.05) is 18.2 Å². The van der Waals surface area contributed by atoms with Crippen LogP contribution >= 0.6 is 0 Å². The van der Waals surface area contributed by atoms with Crippen molar-refractivity contribution in [2.24, 2.45) is 0 Å². The van der Waals surface area contributed by atoms with Crippen molar-refractivity contribution < 1.29 is 32.2 Å². The molecular weight excluding hydrogens is 412 g/mol. The second kappa shape index (κ2) is 7.75. The average Bonchev–Trinajstić information content (AvgIpc) is 2.66. The third-order valence-corrected chi connectivity index (χ3v) is 6.27. The fourth-order valence-corrected chi connectivity index (χ4v) is 4.46. The summed E-state index contributed by atoms with van der Waals surface area (Å²) in [5.41, 5.74) is 1.60. The fourth-order valence-electron chi connectivity index (χ4n) is 3.17. The van der Waals surface area contributed by atoms with Gasteiger partial charge in [0.25, 0.3) is 0 Å². The standard InChI is InChI=1S/C19H18F4N2O3S.H2/c1-12(13-2-5-16(20)6-3-13)24-29(27,28)17-7-4-14-8-9-25(11-15(14)10-17)18(26)19(21,22)23;/h2-7,10,12,24H,8-9,11H2,1H3;1H/t12-;/m0./s1. The quantitative estimate of drug-likeness (QED) is 0.752. The van der Waals surface area contributed by atoms with Crippen molar-refractivity contribution >= 4 is 15.9 Å². The highest BCUT2D eigenvalue weighted by molar-refractivity contribution is 7.89. The molecule has 2 aromatic carbocycles. The molecule has 0 unspecified atom stereocenters. The number of nitrogens with zero attached hydrogens (tertiary/aromatic N) is 1. The lowest BCUT2D eigenvalue weighted by molar-refractivity contribution is -0.186. The van der Waals surface area contributed by atoms with Gasteiger partial charge in [0.15, 0.2) is 0 Å². The molecule has 0 spiro atoms. The molecule has 1 aliphatic heterocycles. The van der Waals surface area contributed by atoms with Gasteiger partial charge in [-0.2, -0.15) is 13.2 Å². The molecule has 0 saturated carbocycles. The molecule has 0 bridgehead atoms. The number of sulfonamides is 1.